The number of nitrogens with one attached hydrogen (secondary N) is 1. The molecule has 0 saturated carbocycles. The number of para-hydroxylation sites is 1. The smallest absolute Gasteiger partial charge is 0.308 e. The first kappa shape index (κ1) is 15.6. The molecule has 0 fully saturated rings. The Kier molecular flexibility index (Phi) is 3.88. The van der Waals surface area contributed by atoms with Gasteiger partial charge in [-0.2, -0.15) is 0 Å². The molecule has 23 heavy (non-hydrogen) atoms. The van der Waals surface area contributed by atoms with Crippen molar-refractivity contribution in [3.05, 3.63) is 59.7 Å². The van der Waals surface area contributed by atoms with E-state index in [4.69, 9.17) is 0 Å². The van der Waals surface area contributed by atoms with Crippen LogP contribution in [0.5, 0.6) is 0 Å². The van der Waals surface area contributed by atoms with Gasteiger partial charge in [0.1, 0.15) is 0 Å². The van der Waals surface area contributed by atoms with Gasteiger partial charge < -0.3 is 5.32 Å². The number of benzene rings is 2. The molecule has 3 rings (SSSR count). The average Bonchev–Trinajstić information content (AvgIpc) is 2.46. The Hall–Kier alpha value is -2.29. The van der Waals surface area contributed by atoms with Gasteiger partial charge in [-0.25, -0.2) is 4.79 Å². The molecular weight excluding hydrogens is 284 g/mol. The lowest BCUT2D eigenvalue weighted by molar-refractivity contribution is 0.247. The number of rotatable bonds is 1. The summed E-state index contributed by atoms with van der Waals surface area (Å²) in [7, 11) is 0. The predicted octanol–water partition coefficient (Wildman–Crippen LogP) is 5.32. The lowest BCUT2D eigenvalue weighted by atomic mass is 9.80. The standard InChI is InChI=1S/C20H24N2O/c1-14-10-11-17-15(2)13-20(3,4)22(18(17)12-14)19(23)21-16-8-6-5-7-9-16/h5-12,15H,13H2,1-4H3,(H,21,23)/t15-/m1/s1. The van der Waals surface area contributed by atoms with Crippen LogP contribution in [-0.4, -0.2) is 11.6 Å². The van der Waals surface area contributed by atoms with Crippen LogP contribution in [0.3, 0.4) is 0 Å². The van der Waals surface area contributed by atoms with Crippen LogP contribution >= 0.6 is 0 Å². The lowest BCUT2D eigenvalue weighted by Crippen LogP contribution is -2.53. The van der Waals surface area contributed by atoms with Crippen molar-refractivity contribution in [1.82, 2.24) is 0 Å². The zero-order valence-corrected chi connectivity index (χ0v) is 14.3. The van der Waals surface area contributed by atoms with E-state index in [1.807, 2.05) is 35.2 Å². The lowest BCUT2D eigenvalue weighted by Gasteiger charge is -2.45. The highest BCUT2D eigenvalue weighted by atomic mass is 16.2. The van der Waals surface area contributed by atoms with Crippen LogP contribution in [0.15, 0.2) is 48.5 Å². The molecule has 2 amide bonds. The van der Waals surface area contributed by atoms with Crippen LogP contribution in [0.4, 0.5) is 16.2 Å². The topological polar surface area (TPSA) is 32.3 Å². The second-order valence-electron chi connectivity index (χ2n) is 7.11. The number of hydrogen-bond acceptors (Lipinski definition) is 1. The van der Waals surface area contributed by atoms with Gasteiger partial charge >= 0.3 is 6.03 Å². The molecule has 2 aromatic carbocycles. The first-order chi connectivity index (χ1) is 10.9. The van der Waals surface area contributed by atoms with Crippen LogP contribution in [-0.2, 0) is 0 Å². The van der Waals surface area contributed by atoms with E-state index in [2.05, 4.69) is 51.2 Å². The molecule has 0 bridgehead atoms. The fourth-order valence-electron chi connectivity index (χ4n) is 3.63. The fourth-order valence-corrected chi connectivity index (χ4v) is 3.63. The number of anilines is 2. The molecule has 0 spiro atoms. The summed E-state index contributed by atoms with van der Waals surface area (Å²) in [5, 5.41) is 3.03. The predicted molar refractivity (Wildman–Crippen MR) is 96.2 cm³/mol. The Balaban J connectivity index is 2.00. The molecule has 120 valence electrons. The number of carbonyl (C=O) groups is 1. The summed E-state index contributed by atoms with van der Waals surface area (Å²) in [4.78, 5) is 14.9. The van der Waals surface area contributed by atoms with Gasteiger partial charge in [-0.05, 0) is 62.4 Å². The average molecular weight is 308 g/mol. The molecule has 1 N–H and O–H groups in total. The van der Waals surface area contributed by atoms with Crippen molar-refractivity contribution in [2.75, 3.05) is 10.2 Å². The number of nitrogens with zero attached hydrogens (tertiary/aromatic N) is 1. The highest BCUT2D eigenvalue weighted by Crippen LogP contribution is 2.43. The van der Waals surface area contributed by atoms with E-state index in [9.17, 15) is 4.79 Å². The van der Waals surface area contributed by atoms with Crippen molar-refractivity contribution < 1.29 is 4.79 Å². The van der Waals surface area contributed by atoms with Crippen LogP contribution in [0, 0.1) is 6.92 Å². The molecular formula is C20H24N2O. The van der Waals surface area contributed by atoms with Crippen molar-refractivity contribution in [2.24, 2.45) is 0 Å². The van der Waals surface area contributed by atoms with Gasteiger partial charge in [0.05, 0.1) is 0 Å². The second kappa shape index (κ2) is 5.73. The van der Waals surface area contributed by atoms with E-state index in [-0.39, 0.29) is 11.6 Å². The third-order valence-corrected chi connectivity index (χ3v) is 4.60. The second-order valence-corrected chi connectivity index (χ2v) is 7.11. The number of urea groups is 1. The number of hydrogen-bond donors (Lipinski definition) is 1. The van der Waals surface area contributed by atoms with E-state index < -0.39 is 0 Å². The summed E-state index contributed by atoms with van der Waals surface area (Å²) in [6.45, 7) is 8.58. The van der Waals surface area contributed by atoms with Gasteiger partial charge in [-0.3, -0.25) is 4.90 Å². The van der Waals surface area contributed by atoms with Crippen molar-refractivity contribution in [1.29, 1.82) is 0 Å². The largest absolute Gasteiger partial charge is 0.326 e. The first-order valence-corrected chi connectivity index (χ1v) is 8.15. The molecule has 1 heterocycles. The molecule has 0 unspecified atom stereocenters. The summed E-state index contributed by atoms with van der Waals surface area (Å²) < 4.78 is 0. The summed E-state index contributed by atoms with van der Waals surface area (Å²) in [5.41, 5.74) is 4.05. The van der Waals surface area contributed by atoms with E-state index in [0.29, 0.717) is 5.92 Å². The molecule has 1 aliphatic rings. The maximum atomic E-state index is 13.0. The van der Waals surface area contributed by atoms with Crippen LogP contribution in [0.2, 0.25) is 0 Å². The third-order valence-electron chi connectivity index (χ3n) is 4.60. The molecule has 0 aromatic heterocycles. The normalized spacial score (nSPS) is 19.1. The summed E-state index contributed by atoms with van der Waals surface area (Å²) in [6, 6.07) is 16.0. The molecule has 1 atom stereocenters. The van der Waals surface area contributed by atoms with Gasteiger partial charge in [0, 0.05) is 16.9 Å². The Morgan fingerprint density at radius 2 is 1.87 bits per heavy atom. The van der Waals surface area contributed by atoms with E-state index in [1.54, 1.807) is 0 Å². The van der Waals surface area contributed by atoms with Gasteiger partial charge in [-0.15, -0.1) is 0 Å². The number of fused-ring (bicyclic) bond motifs is 1. The maximum absolute atomic E-state index is 13.0. The van der Waals surface area contributed by atoms with Crippen LogP contribution in [0.1, 0.15) is 44.2 Å². The Bertz CT molecular complexity index is 722. The number of amides is 2. The molecule has 2 aromatic rings. The minimum absolute atomic E-state index is 0.0695. The zero-order chi connectivity index (χ0) is 16.6. The molecule has 0 aliphatic carbocycles. The SMILES string of the molecule is Cc1ccc2c(c1)N(C(=O)Nc1ccccc1)C(C)(C)C[C@H]2C. The summed E-state index contributed by atoms with van der Waals surface area (Å²) in [5.74, 6) is 0.446. The summed E-state index contributed by atoms with van der Waals surface area (Å²) >= 11 is 0. The van der Waals surface area contributed by atoms with E-state index >= 15 is 0 Å². The first-order valence-electron chi connectivity index (χ1n) is 8.15. The Morgan fingerprint density at radius 3 is 2.57 bits per heavy atom. The van der Waals surface area contributed by atoms with Crippen molar-refractivity contribution in [3.63, 3.8) is 0 Å². The highest BCUT2D eigenvalue weighted by molar-refractivity contribution is 6.03. The minimum atomic E-state index is -0.223. The third kappa shape index (κ3) is 2.96. The number of aryl methyl sites for hydroxylation is 1. The van der Waals surface area contributed by atoms with Gasteiger partial charge in [-0.1, -0.05) is 37.3 Å². The molecule has 0 saturated heterocycles. The van der Waals surface area contributed by atoms with Crippen LogP contribution < -0.4 is 10.2 Å². The summed E-state index contributed by atoms with van der Waals surface area (Å²) in [6.07, 6.45) is 0.950. The Morgan fingerprint density at radius 1 is 1.17 bits per heavy atom. The molecule has 1 aliphatic heterocycles. The monoisotopic (exact) mass is 308 g/mol. The van der Waals surface area contributed by atoms with Gasteiger partial charge in [0.15, 0.2) is 0 Å². The maximum Gasteiger partial charge on any atom is 0.326 e. The van der Waals surface area contributed by atoms with E-state index in [1.165, 1.54) is 11.1 Å². The van der Waals surface area contributed by atoms with Crippen molar-refractivity contribution >= 4 is 17.4 Å². The fraction of sp³-hybridized carbons (Fsp3) is 0.350. The molecule has 3 nitrogen and oxygen atoms in total. The van der Waals surface area contributed by atoms with Crippen LogP contribution in [0.25, 0.3) is 0 Å². The molecule has 3 heteroatoms. The van der Waals surface area contributed by atoms with Gasteiger partial charge in [0.2, 0.25) is 0 Å². The van der Waals surface area contributed by atoms with Crippen molar-refractivity contribution in [3.8, 4) is 0 Å². The quantitative estimate of drug-likeness (QED) is 0.759. The molecule has 0 radical (unpaired) electrons. The highest BCUT2D eigenvalue weighted by Gasteiger charge is 2.40. The van der Waals surface area contributed by atoms with E-state index in [0.717, 1.165) is 17.8 Å². The minimum Gasteiger partial charge on any atom is -0.308 e. The zero-order valence-electron chi connectivity index (χ0n) is 14.3. The van der Waals surface area contributed by atoms with Gasteiger partial charge in [0.25, 0.3) is 0 Å². The Labute approximate surface area is 138 Å². The van der Waals surface area contributed by atoms with Crippen molar-refractivity contribution in [2.45, 2.75) is 45.6 Å². The number of carbonyl (C=O) groups excluding carboxylic acids is 1.